The van der Waals surface area contributed by atoms with Crippen molar-refractivity contribution >= 4 is 23.4 Å². The molecule has 1 amide bonds. The molecule has 7 heteroatoms. The number of nitrogens with one attached hydrogen (secondary N) is 1. The Morgan fingerprint density at radius 1 is 1.27 bits per heavy atom. The summed E-state index contributed by atoms with van der Waals surface area (Å²) in [6.45, 7) is 0. The minimum absolute atomic E-state index is 0.131. The Morgan fingerprint density at radius 2 is 2.05 bits per heavy atom. The molecule has 22 heavy (non-hydrogen) atoms. The number of aromatic nitrogens is 1. The lowest BCUT2D eigenvalue weighted by molar-refractivity contribution is -0.137. The van der Waals surface area contributed by atoms with Crippen LogP contribution in [0.25, 0.3) is 0 Å². The van der Waals surface area contributed by atoms with Crippen molar-refractivity contribution in [3.05, 3.63) is 53.7 Å². The Bertz CT molecular complexity index is 657. The second-order valence-electron chi connectivity index (χ2n) is 4.51. The van der Waals surface area contributed by atoms with E-state index in [0.717, 1.165) is 17.2 Å². The highest BCUT2D eigenvalue weighted by Gasteiger charge is 2.30. The summed E-state index contributed by atoms with van der Waals surface area (Å²) in [6.07, 6.45) is -1.15. The van der Waals surface area contributed by atoms with Crippen LogP contribution in [-0.2, 0) is 17.4 Å². The van der Waals surface area contributed by atoms with Gasteiger partial charge in [0.25, 0.3) is 0 Å². The van der Waals surface area contributed by atoms with Gasteiger partial charge in [0.1, 0.15) is 0 Å². The number of rotatable bonds is 4. The van der Waals surface area contributed by atoms with Gasteiger partial charge in [-0.3, -0.25) is 4.79 Å². The van der Waals surface area contributed by atoms with E-state index in [0.29, 0.717) is 11.3 Å². The molecule has 0 radical (unpaired) electrons. The molecule has 2 rings (SSSR count). The van der Waals surface area contributed by atoms with Gasteiger partial charge in [-0.05, 0) is 30.0 Å². The van der Waals surface area contributed by atoms with Gasteiger partial charge < -0.3 is 5.32 Å². The number of halogens is 3. The minimum atomic E-state index is -4.41. The van der Waals surface area contributed by atoms with Gasteiger partial charge >= 0.3 is 6.18 Å². The molecule has 0 aliphatic heterocycles. The number of thioether (sulfide) groups is 1. The summed E-state index contributed by atoms with van der Waals surface area (Å²) < 4.78 is 37.8. The molecule has 1 aromatic carbocycles. The first-order valence-corrected chi connectivity index (χ1v) is 7.57. The first kappa shape index (κ1) is 16.4. The van der Waals surface area contributed by atoms with E-state index in [9.17, 15) is 18.0 Å². The molecule has 3 nitrogen and oxygen atoms in total. The maximum Gasteiger partial charge on any atom is 0.416 e. The van der Waals surface area contributed by atoms with E-state index in [1.807, 2.05) is 6.26 Å². The number of pyridine rings is 1. The molecule has 0 unspecified atom stereocenters. The van der Waals surface area contributed by atoms with E-state index >= 15 is 0 Å². The normalized spacial score (nSPS) is 11.3. The van der Waals surface area contributed by atoms with Crippen LogP contribution in [0, 0.1) is 0 Å². The molecular weight excluding hydrogens is 313 g/mol. The molecule has 0 fully saturated rings. The van der Waals surface area contributed by atoms with E-state index in [2.05, 4.69) is 10.3 Å². The van der Waals surface area contributed by atoms with E-state index < -0.39 is 17.6 Å². The maximum atomic E-state index is 12.6. The number of alkyl halides is 3. The number of anilines is 1. The quantitative estimate of drug-likeness (QED) is 0.864. The van der Waals surface area contributed by atoms with E-state index in [4.69, 9.17) is 0 Å². The molecule has 0 saturated carbocycles. The second-order valence-corrected chi connectivity index (χ2v) is 5.34. The first-order chi connectivity index (χ1) is 10.4. The van der Waals surface area contributed by atoms with Crippen molar-refractivity contribution in [2.24, 2.45) is 0 Å². The van der Waals surface area contributed by atoms with Crippen molar-refractivity contribution in [2.45, 2.75) is 17.6 Å². The summed E-state index contributed by atoms with van der Waals surface area (Å²) in [4.78, 5) is 16.0. The van der Waals surface area contributed by atoms with Crippen LogP contribution in [-0.4, -0.2) is 17.1 Å². The third kappa shape index (κ3) is 4.49. The summed E-state index contributed by atoms with van der Waals surface area (Å²) in [5.41, 5.74) is 0.0552. The van der Waals surface area contributed by atoms with Crippen molar-refractivity contribution in [1.29, 1.82) is 0 Å². The van der Waals surface area contributed by atoms with E-state index in [1.165, 1.54) is 30.1 Å². The lowest BCUT2D eigenvalue weighted by Crippen LogP contribution is -2.15. The van der Waals surface area contributed by atoms with Crippen molar-refractivity contribution in [2.75, 3.05) is 11.6 Å². The molecule has 2 aromatic rings. The van der Waals surface area contributed by atoms with Gasteiger partial charge in [-0.15, -0.1) is 11.8 Å². The molecule has 116 valence electrons. The topological polar surface area (TPSA) is 42.0 Å². The maximum absolute atomic E-state index is 12.6. The van der Waals surface area contributed by atoms with Crippen LogP contribution in [0.5, 0.6) is 0 Å². The lowest BCUT2D eigenvalue weighted by Gasteiger charge is -2.09. The highest BCUT2D eigenvalue weighted by molar-refractivity contribution is 7.98. The number of nitrogens with zero attached hydrogens (tertiary/aromatic N) is 1. The zero-order valence-electron chi connectivity index (χ0n) is 11.6. The Morgan fingerprint density at radius 3 is 2.64 bits per heavy atom. The third-order valence-corrected chi connectivity index (χ3v) is 3.51. The summed E-state index contributed by atoms with van der Waals surface area (Å²) >= 11 is 1.47. The summed E-state index contributed by atoms with van der Waals surface area (Å²) in [5, 5.41) is 3.42. The molecule has 0 atom stereocenters. The number of carbonyl (C=O) groups excluding carboxylic acids is 1. The van der Waals surface area contributed by atoms with Gasteiger partial charge in [-0.2, -0.15) is 13.2 Å². The third-order valence-electron chi connectivity index (χ3n) is 2.85. The molecule has 1 N–H and O–H groups in total. The zero-order chi connectivity index (χ0) is 16.2. The largest absolute Gasteiger partial charge is 0.416 e. The van der Waals surface area contributed by atoms with Crippen LogP contribution in [0.4, 0.5) is 18.9 Å². The zero-order valence-corrected chi connectivity index (χ0v) is 12.5. The smallest absolute Gasteiger partial charge is 0.324 e. The van der Waals surface area contributed by atoms with Crippen molar-refractivity contribution in [1.82, 2.24) is 4.98 Å². The van der Waals surface area contributed by atoms with Crippen LogP contribution >= 0.6 is 11.8 Å². The number of carbonyl (C=O) groups is 1. The van der Waals surface area contributed by atoms with Gasteiger partial charge in [0.05, 0.1) is 28.9 Å². The molecular formula is C15H13F3N2OS. The Hall–Kier alpha value is -2.02. The number of hydrogen-bond acceptors (Lipinski definition) is 3. The predicted octanol–water partition coefficient (Wildman–Crippen LogP) is 4.00. The number of benzene rings is 1. The average Bonchev–Trinajstić information content (AvgIpc) is 2.47. The van der Waals surface area contributed by atoms with E-state index in [1.54, 1.807) is 12.1 Å². The Kier molecular flexibility index (Phi) is 5.07. The molecule has 0 aliphatic rings. The van der Waals surface area contributed by atoms with Gasteiger partial charge in [-0.25, -0.2) is 4.98 Å². The van der Waals surface area contributed by atoms with Crippen LogP contribution in [0.3, 0.4) is 0 Å². The number of hydrogen-bond donors (Lipinski definition) is 1. The standard InChI is InChI=1S/C15H13F3N2OS/c1-22-14-6-5-12(9-19-14)20-13(21)8-10-3-2-4-11(7-10)15(16,17)18/h2-7,9H,8H2,1H3,(H,20,21). The number of amides is 1. The minimum Gasteiger partial charge on any atom is -0.324 e. The molecule has 1 aromatic heterocycles. The van der Waals surface area contributed by atoms with Crippen LogP contribution in [0.2, 0.25) is 0 Å². The predicted molar refractivity (Wildman–Crippen MR) is 79.8 cm³/mol. The molecule has 0 aliphatic carbocycles. The monoisotopic (exact) mass is 326 g/mol. The van der Waals surface area contributed by atoms with Crippen molar-refractivity contribution in [3.8, 4) is 0 Å². The van der Waals surface area contributed by atoms with Crippen LogP contribution in [0.15, 0.2) is 47.6 Å². The Labute approximate surface area is 129 Å². The average molecular weight is 326 g/mol. The summed E-state index contributed by atoms with van der Waals surface area (Å²) in [6, 6.07) is 8.19. The van der Waals surface area contributed by atoms with Gasteiger partial charge in [0.2, 0.25) is 5.91 Å². The fourth-order valence-corrected chi connectivity index (χ4v) is 2.19. The molecule has 0 bridgehead atoms. The first-order valence-electron chi connectivity index (χ1n) is 6.34. The van der Waals surface area contributed by atoms with Gasteiger partial charge in [0, 0.05) is 0 Å². The Balaban J connectivity index is 2.02. The highest BCUT2D eigenvalue weighted by Crippen LogP contribution is 2.29. The molecule has 0 saturated heterocycles. The van der Waals surface area contributed by atoms with Gasteiger partial charge in [0.15, 0.2) is 0 Å². The second kappa shape index (κ2) is 6.83. The van der Waals surface area contributed by atoms with Crippen LogP contribution < -0.4 is 5.32 Å². The SMILES string of the molecule is CSc1ccc(NC(=O)Cc2cccc(C(F)(F)F)c2)cn1. The van der Waals surface area contributed by atoms with E-state index in [-0.39, 0.29) is 6.42 Å². The van der Waals surface area contributed by atoms with Gasteiger partial charge in [-0.1, -0.05) is 18.2 Å². The summed E-state index contributed by atoms with van der Waals surface area (Å²) in [5.74, 6) is -0.391. The summed E-state index contributed by atoms with van der Waals surface area (Å²) in [7, 11) is 0. The molecule has 0 spiro atoms. The van der Waals surface area contributed by atoms with Crippen molar-refractivity contribution in [3.63, 3.8) is 0 Å². The highest BCUT2D eigenvalue weighted by atomic mass is 32.2. The molecule has 1 heterocycles. The lowest BCUT2D eigenvalue weighted by atomic mass is 10.1. The fraction of sp³-hybridized carbons (Fsp3) is 0.200. The van der Waals surface area contributed by atoms with Crippen LogP contribution in [0.1, 0.15) is 11.1 Å². The van der Waals surface area contributed by atoms with Crippen molar-refractivity contribution < 1.29 is 18.0 Å². The fourth-order valence-electron chi connectivity index (χ4n) is 1.82.